The van der Waals surface area contributed by atoms with E-state index in [-0.39, 0.29) is 23.8 Å². The van der Waals surface area contributed by atoms with Crippen LogP contribution in [-0.2, 0) is 14.3 Å². The molecular weight excluding hydrogens is 502 g/mol. The third-order valence-corrected chi connectivity index (χ3v) is 7.16. The van der Waals surface area contributed by atoms with Gasteiger partial charge < -0.3 is 20.3 Å². The van der Waals surface area contributed by atoms with Gasteiger partial charge in [-0.1, -0.05) is 84.4 Å². The van der Waals surface area contributed by atoms with Gasteiger partial charge in [0.1, 0.15) is 17.7 Å². The minimum atomic E-state index is -0.829. The molecule has 1 aromatic carbocycles. The Hall–Kier alpha value is -2.57. The van der Waals surface area contributed by atoms with Crippen molar-refractivity contribution in [2.24, 2.45) is 5.92 Å². The molecule has 3 atom stereocenters. The maximum absolute atomic E-state index is 14.3. The summed E-state index contributed by atoms with van der Waals surface area (Å²) >= 11 is 0. The summed E-state index contributed by atoms with van der Waals surface area (Å²) in [5, 5.41) is 5.98. The zero-order chi connectivity index (χ0) is 30.5. The Morgan fingerprint density at radius 2 is 1.50 bits per heavy atom. The quantitative estimate of drug-likeness (QED) is 0.207. The van der Waals surface area contributed by atoms with Crippen LogP contribution in [0, 0.1) is 19.8 Å². The number of unbranched alkanes of at least 4 members (excludes halogenated alkanes) is 5. The van der Waals surface area contributed by atoms with Gasteiger partial charge in [-0.2, -0.15) is 0 Å². The summed E-state index contributed by atoms with van der Waals surface area (Å²) in [5.41, 5.74) is 2.28. The number of nitrogens with zero attached hydrogens (tertiary/aromatic N) is 1. The van der Waals surface area contributed by atoms with Crippen LogP contribution < -0.4 is 10.6 Å². The van der Waals surface area contributed by atoms with Crippen LogP contribution in [0.2, 0.25) is 0 Å². The summed E-state index contributed by atoms with van der Waals surface area (Å²) in [4.78, 5) is 42.7. The first-order chi connectivity index (χ1) is 18.7. The minimum absolute atomic E-state index is 0.0154. The highest BCUT2D eigenvalue weighted by Crippen LogP contribution is 2.27. The van der Waals surface area contributed by atoms with Crippen molar-refractivity contribution in [2.45, 2.75) is 144 Å². The average molecular weight is 560 g/mol. The fraction of sp³-hybridized carbons (Fsp3) is 0.727. The van der Waals surface area contributed by atoms with Crippen molar-refractivity contribution in [1.82, 2.24) is 15.5 Å². The summed E-state index contributed by atoms with van der Waals surface area (Å²) in [7, 11) is 0. The maximum Gasteiger partial charge on any atom is 0.408 e. The lowest BCUT2D eigenvalue weighted by Crippen LogP contribution is -2.55. The highest BCUT2D eigenvalue weighted by atomic mass is 16.6. The fourth-order valence-corrected chi connectivity index (χ4v) is 4.79. The average Bonchev–Trinajstić information content (AvgIpc) is 2.84. The number of rotatable bonds is 16. The van der Waals surface area contributed by atoms with Gasteiger partial charge in [0.2, 0.25) is 11.8 Å². The van der Waals surface area contributed by atoms with Crippen molar-refractivity contribution in [2.75, 3.05) is 6.54 Å². The molecule has 40 heavy (non-hydrogen) atoms. The minimum Gasteiger partial charge on any atom is -0.444 e. The van der Waals surface area contributed by atoms with Gasteiger partial charge >= 0.3 is 6.09 Å². The number of nitrogens with one attached hydrogen (secondary N) is 2. The largest absolute Gasteiger partial charge is 0.444 e. The number of hydrogen-bond donors (Lipinski definition) is 2. The molecule has 0 spiro atoms. The van der Waals surface area contributed by atoms with E-state index in [1.165, 1.54) is 12.8 Å². The lowest BCUT2D eigenvalue weighted by molar-refractivity contribution is -0.143. The van der Waals surface area contributed by atoms with Gasteiger partial charge in [0.05, 0.1) is 0 Å². The summed E-state index contributed by atoms with van der Waals surface area (Å²) in [6, 6.07) is 4.32. The number of aryl methyl sites for hydroxylation is 2. The van der Waals surface area contributed by atoms with E-state index in [1.807, 2.05) is 52.8 Å². The van der Waals surface area contributed by atoms with Crippen LogP contribution in [0.25, 0.3) is 0 Å². The molecule has 1 aromatic rings. The van der Waals surface area contributed by atoms with Gasteiger partial charge in [0.15, 0.2) is 0 Å². The van der Waals surface area contributed by atoms with Crippen LogP contribution in [0.5, 0.6) is 0 Å². The Morgan fingerprint density at radius 1 is 0.875 bits per heavy atom. The summed E-state index contributed by atoms with van der Waals surface area (Å²) in [6.07, 6.45) is 7.54. The Balaban J connectivity index is 3.49. The first kappa shape index (κ1) is 35.5. The molecule has 0 aromatic heterocycles. The molecule has 0 bridgehead atoms. The Bertz CT molecular complexity index is 938. The second-order valence-electron chi connectivity index (χ2n) is 12.6. The predicted octanol–water partition coefficient (Wildman–Crippen LogP) is 7.39. The molecule has 7 heteroatoms. The van der Waals surface area contributed by atoms with Crippen molar-refractivity contribution in [3.63, 3.8) is 0 Å². The van der Waals surface area contributed by atoms with E-state index in [2.05, 4.69) is 24.5 Å². The molecule has 2 N–H and O–H groups in total. The molecule has 3 unspecified atom stereocenters. The maximum atomic E-state index is 14.3. The smallest absolute Gasteiger partial charge is 0.408 e. The molecule has 0 fully saturated rings. The van der Waals surface area contributed by atoms with Gasteiger partial charge in [-0.05, 0) is 77.0 Å². The lowest BCUT2D eigenvalue weighted by Gasteiger charge is -2.36. The number of carbonyl (C=O) groups is 3. The molecule has 0 saturated heterocycles. The summed E-state index contributed by atoms with van der Waals surface area (Å²) in [6.45, 7) is 19.9. The molecule has 228 valence electrons. The van der Waals surface area contributed by atoms with Crippen LogP contribution >= 0.6 is 0 Å². The third kappa shape index (κ3) is 12.3. The summed E-state index contributed by atoms with van der Waals surface area (Å²) in [5.74, 6) is -0.659. The van der Waals surface area contributed by atoms with Gasteiger partial charge in [0, 0.05) is 12.6 Å². The summed E-state index contributed by atoms with van der Waals surface area (Å²) < 4.78 is 5.49. The van der Waals surface area contributed by atoms with E-state index in [0.29, 0.717) is 6.54 Å². The normalized spacial score (nSPS) is 13.9. The Kier molecular flexibility index (Phi) is 15.3. The van der Waals surface area contributed by atoms with Crippen LogP contribution in [0.4, 0.5) is 4.79 Å². The zero-order valence-corrected chi connectivity index (χ0v) is 27.0. The second-order valence-corrected chi connectivity index (χ2v) is 12.6. The molecule has 7 nitrogen and oxygen atoms in total. The Labute approximate surface area is 244 Å². The van der Waals surface area contributed by atoms with Gasteiger partial charge in [-0.15, -0.1) is 0 Å². The standard InChI is InChI=1S/C33H57N3O4/c1-11-13-14-15-16-17-21-36(31(38)28(23(3)4)35-32(39)40-33(8,9)10)29(30(37)34-26(7)18-12-2)27-20-19-24(5)25(6)22-27/h19-20,22-23,26,28-29H,11-18,21H2,1-10H3,(H,34,37)(H,35,39). The third-order valence-electron chi connectivity index (χ3n) is 7.16. The van der Waals surface area contributed by atoms with E-state index in [0.717, 1.165) is 55.2 Å². The molecule has 0 saturated carbocycles. The molecule has 0 aliphatic heterocycles. The van der Waals surface area contributed by atoms with E-state index in [1.54, 1.807) is 25.7 Å². The van der Waals surface area contributed by atoms with E-state index < -0.39 is 23.8 Å². The topological polar surface area (TPSA) is 87.7 Å². The van der Waals surface area contributed by atoms with E-state index in [9.17, 15) is 14.4 Å². The molecule has 0 heterocycles. The van der Waals surface area contributed by atoms with Crippen molar-refractivity contribution < 1.29 is 19.1 Å². The number of hydrogen-bond acceptors (Lipinski definition) is 4. The molecule has 1 rings (SSSR count). The number of ether oxygens (including phenoxy) is 1. The van der Waals surface area contributed by atoms with Crippen molar-refractivity contribution in [1.29, 1.82) is 0 Å². The number of benzene rings is 1. The van der Waals surface area contributed by atoms with Crippen LogP contribution in [0.15, 0.2) is 18.2 Å². The lowest BCUT2D eigenvalue weighted by atomic mass is 9.96. The van der Waals surface area contributed by atoms with Crippen LogP contribution in [0.1, 0.15) is 129 Å². The second kappa shape index (κ2) is 17.3. The molecule has 3 amide bonds. The molecular formula is C33H57N3O4. The monoisotopic (exact) mass is 559 g/mol. The predicted molar refractivity (Wildman–Crippen MR) is 164 cm³/mol. The first-order valence-corrected chi connectivity index (χ1v) is 15.4. The SMILES string of the molecule is CCCCCCCCN(C(=O)C(NC(=O)OC(C)(C)C)C(C)C)C(C(=O)NC(C)CCC)c1ccc(C)c(C)c1. The van der Waals surface area contributed by atoms with E-state index >= 15 is 0 Å². The van der Waals surface area contributed by atoms with Crippen molar-refractivity contribution >= 4 is 17.9 Å². The highest BCUT2D eigenvalue weighted by Gasteiger charge is 2.37. The number of alkyl carbamates (subject to hydrolysis) is 1. The van der Waals surface area contributed by atoms with Crippen LogP contribution in [0.3, 0.4) is 0 Å². The first-order valence-electron chi connectivity index (χ1n) is 15.4. The number of amides is 3. The van der Waals surface area contributed by atoms with Gasteiger partial charge in [-0.25, -0.2) is 4.79 Å². The van der Waals surface area contributed by atoms with Crippen LogP contribution in [-0.4, -0.2) is 47.0 Å². The molecule has 0 radical (unpaired) electrons. The molecule has 0 aliphatic rings. The van der Waals surface area contributed by atoms with Crippen molar-refractivity contribution in [3.05, 3.63) is 34.9 Å². The molecule has 0 aliphatic carbocycles. The van der Waals surface area contributed by atoms with Crippen molar-refractivity contribution in [3.8, 4) is 0 Å². The Morgan fingerprint density at radius 3 is 2.05 bits per heavy atom. The van der Waals surface area contributed by atoms with E-state index in [4.69, 9.17) is 4.74 Å². The highest BCUT2D eigenvalue weighted by molar-refractivity contribution is 5.92. The zero-order valence-electron chi connectivity index (χ0n) is 27.0. The fourth-order valence-electron chi connectivity index (χ4n) is 4.79. The van der Waals surface area contributed by atoms with Gasteiger partial charge in [0.25, 0.3) is 0 Å². The van der Waals surface area contributed by atoms with Gasteiger partial charge in [-0.3, -0.25) is 9.59 Å². The number of carbonyl (C=O) groups excluding carboxylic acids is 3.